The van der Waals surface area contributed by atoms with Gasteiger partial charge >= 0.3 is 0 Å². The van der Waals surface area contributed by atoms with Crippen molar-refractivity contribution in [2.45, 2.75) is 31.9 Å². The first-order chi connectivity index (χ1) is 11.2. The van der Waals surface area contributed by atoms with Gasteiger partial charge in [-0.1, -0.05) is 24.3 Å². The third kappa shape index (κ3) is 3.46. The van der Waals surface area contributed by atoms with Crippen LogP contribution in [0.4, 0.5) is 0 Å². The number of nitrogens with two attached hydrogens (primary N) is 1. The molecular formula is C18H22N2O3. The Morgan fingerprint density at radius 2 is 2.04 bits per heavy atom. The second-order valence-electron chi connectivity index (χ2n) is 5.96. The number of aliphatic hydroxyl groups excluding tert-OH is 1. The summed E-state index contributed by atoms with van der Waals surface area (Å²) in [6, 6.07) is 11.4. The van der Waals surface area contributed by atoms with Crippen LogP contribution in [0.1, 0.15) is 46.2 Å². The summed E-state index contributed by atoms with van der Waals surface area (Å²) in [7, 11) is 0. The van der Waals surface area contributed by atoms with Crippen molar-refractivity contribution in [2.24, 2.45) is 5.73 Å². The highest BCUT2D eigenvalue weighted by Crippen LogP contribution is 2.28. The van der Waals surface area contributed by atoms with Gasteiger partial charge in [-0.05, 0) is 36.1 Å². The van der Waals surface area contributed by atoms with Crippen molar-refractivity contribution in [1.82, 2.24) is 4.90 Å². The number of piperidine rings is 1. The highest BCUT2D eigenvalue weighted by Gasteiger charge is 2.27. The summed E-state index contributed by atoms with van der Waals surface area (Å²) in [4.78, 5) is 14.4. The molecule has 1 aliphatic heterocycles. The van der Waals surface area contributed by atoms with Gasteiger partial charge in [-0.2, -0.15) is 0 Å². The van der Waals surface area contributed by atoms with Crippen molar-refractivity contribution in [1.29, 1.82) is 0 Å². The number of nitrogens with zero attached hydrogens (tertiary/aromatic N) is 1. The summed E-state index contributed by atoms with van der Waals surface area (Å²) in [5, 5.41) is 9.13. The van der Waals surface area contributed by atoms with E-state index >= 15 is 0 Å². The monoisotopic (exact) mass is 314 g/mol. The number of carbonyl (C=O) groups excluding carboxylic acids is 1. The van der Waals surface area contributed by atoms with Gasteiger partial charge in [-0.15, -0.1) is 0 Å². The third-order valence-corrected chi connectivity index (χ3v) is 4.42. The summed E-state index contributed by atoms with van der Waals surface area (Å²) in [5.41, 5.74) is 7.64. The molecule has 0 spiro atoms. The Morgan fingerprint density at radius 3 is 2.70 bits per heavy atom. The molecule has 5 heteroatoms. The van der Waals surface area contributed by atoms with Crippen LogP contribution in [0.15, 0.2) is 40.8 Å². The van der Waals surface area contributed by atoms with E-state index in [-0.39, 0.29) is 12.5 Å². The van der Waals surface area contributed by atoms with Crippen LogP contribution < -0.4 is 5.73 Å². The van der Waals surface area contributed by atoms with E-state index in [0.29, 0.717) is 30.5 Å². The van der Waals surface area contributed by atoms with Gasteiger partial charge in [0.1, 0.15) is 5.76 Å². The molecule has 0 saturated carbocycles. The minimum absolute atomic E-state index is 0.0531. The summed E-state index contributed by atoms with van der Waals surface area (Å²) >= 11 is 0. The van der Waals surface area contributed by atoms with E-state index in [1.807, 2.05) is 29.2 Å². The van der Waals surface area contributed by atoms with Gasteiger partial charge in [0.05, 0.1) is 13.2 Å². The van der Waals surface area contributed by atoms with E-state index < -0.39 is 0 Å². The second-order valence-corrected chi connectivity index (χ2v) is 5.96. The molecule has 1 amide bonds. The van der Waals surface area contributed by atoms with E-state index in [2.05, 4.69) is 0 Å². The number of carbonyl (C=O) groups is 1. The molecule has 2 aromatic rings. The predicted molar refractivity (Wildman–Crippen MR) is 86.8 cm³/mol. The number of aliphatic hydroxyl groups is 1. The van der Waals surface area contributed by atoms with Gasteiger partial charge in [-0.25, -0.2) is 0 Å². The van der Waals surface area contributed by atoms with E-state index in [9.17, 15) is 4.79 Å². The molecule has 1 atom stereocenters. The summed E-state index contributed by atoms with van der Waals surface area (Å²) in [5.74, 6) is 1.24. The maximum Gasteiger partial charge on any atom is 0.289 e. The molecule has 0 aliphatic carbocycles. The van der Waals surface area contributed by atoms with Gasteiger partial charge in [0.2, 0.25) is 0 Å². The zero-order chi connectivity index (χ0) is 16.2. The Morgan fingerprint density at radius 1 is 1.26 bits per heavy atom. The molecule has 0 radical (unpaired) electrons. The quantitative estimate of drug-likeness (QED) is 0.907. The minimum atomic E-state index is -0.0682. The molecule has 122 valence electrons. The van der Waals surface area contributed by atoms with Crippen LogP contribution in [0.2, 0.25) is 0 Å². The molecule has 0 bridgehead atoms. The normalized spacial score (nSPS) is 18.2. The average Bonchev–Trinajstić information content (AvgIpc) is 3.10. The fourth-order valence-electron chi connectivity index (χ4n) is 3.09. The third-order valence-electron chi connectivity index (χ3n) is 4.42. The van der Waals surface area contributed by atoms with Crippen LogP contribution in [-0.4, -0.2) is 29.0 Å². The molecule has 1 unspecified atom stereocenters. The fraction of sp³-hybridized carbons (Fsp3) is 0.389. The topological polar surface area (TPSA) is 79.7 Å². The first-order valence-electron chi connectivity index (χ1n) is 7.99. The van der Waals surface area contributed by atoms with Crippen molar-refractivity contribution in [2.75, 3.05) is 13.1 Å². The second kappa shape index (κ2) is 6.98. The lowest BCUT2D eigenvalue weighted by Crippen LogP contribution is -2.39. The predicted octanol–water partition coefficient (Wildman–Crippen LogP) is 2.25. The summed E-state index contributed by atoms with van der Waals surface area (Å²) in [6.07, 6.45) is 2.04. The first-order valence-corrected chi connectivity index (χ1v) is 7.99. The Balaban J connectivity index is 1.70. The molecule has 2 heterocycles. The van der Waals surface area contributed by atoms with Crippen molar-refractivity contribution >= 4 is 5.91 Å². The number of furan rings is 1. The van der Waals surface area contributed by atoms with Gasteiger partial charge in [0, 0.05) is 19.0 Å². The fourth-order valence-corrected chi connectivity index (χ4v) is 3.09. The van der Waals surface area contributed by atoms with E-state index in [1.54, 1.807) is 12.1 Å². The lowest BCUT2D eigenvalue weighted by atomic mass is 9.90. The molecule has 1 aromatic carbocycles. The van der Waals surface area contributed by atoms with Gasteiger partial charge in [0.15, 0.2) is 5.76 Å². The number of hydrogen-bond acceptors (Lipinski definition) is 4. The van der Waals surface area contributed by atoms with Gasteiger partial charge in [-0.3, -0.25) is 4.79 Å². The number of rotatable bonds is 4. The molecule has 1 aromatic heterocycles. The van der Waals surface area contributed by atoms with Crippen molar-refractivity contribution in [3.05, 3.63) is 59.0 Å². The summed E-state index contributed by atoms with van der Waals surface area (Å²) in [6.45, 7) is 1.79. The average molecular weight is 314 g/mol. The van der Waals surface area contributed by atoms with Crippen molar-refractivity contribution in [3.8, 4) is 0 Å². The van der Waals surface area contributed by atoms with Crippen molar-refractivity contribution in [3.63, 3.8) is 0 Å². The molecule has 3 rings (SSSR count). The van der Waals surface area contributed by atoms with Crippen LogP contribution in [0.3, 0.4) is 0 Å². The van der Waals surface area contributed by atoms with E-state index in [0.717, 1.165) is 24.9 Å². The van der Waals surface area contributed by atoms with Gasteiger partial charge in [0.25, 0.3) is 5.91 Å². The first kappa shape index (κ1) is 15.8. The largest absolute Gasteiger partial charge is 0.455 e. The standard InChI is InChI=1S/C18H22N2O3/c19-10-16-7-8-17(23-16)18(22)20-9-1-2-15(11-20)14-5-3-13(12-21)4-6-14/h3-8,15,21H,1-2,9-12,19H2. The number of likely N-dealkylation sites (tertiary alicyclic amines) is 1. The Bertz CT molecular complexity index is 663. The number of hydrogen-bond donors (Lipinski definition) is 2. The maximum atomic E-state index is 12.6. The molecule has 23 heavy (non-hydrogen) atoms. The molecule has 1 fully saturated rings. The number of benzene rings is 1. The summed E-state index contributed by atoms with van der Waals surface area (Å²) < 4.78 is 5.48. The van der Waals surface area contributed by atoms with Crippen LogP contribution in [0, 0.1) is 0 Å². The van der Waals surface area contributed by atoms with Crippen molar-refractivity contribution < 1.29 is 14.3 Å². The molecular weight excluding hydrogens is 292 g/mol. The zero-order valence-electron chi connectivity index (χ0n) is 13.1. The molecule has 1 saturated heterocycles. The Kier molecular flexibility index (Phi) is 4.79. The Labute approximate surface area is 135 Å². The number of amides is 1. The highest BCUT2D eigenvalue weighted by molar-refractivity contribution is 5.91. The van der Waals surface area contributed by atoms with Crippen LogP contribution in [0.5, 0.6) is 0 Å². The van der Waals surface area contributed by atoms with E-state index in [4.69, 9.17) is 15.3 Å². The smallest absolute Gasteiger partial charge is 0.289 e. The van der Waals surface area contributed by atoms with Crippen LogP contribution >= 0.6 is 0 Å². The lowest BCUT2D eigenvalue weighted by molar-refractivity contribution is 0.0673. The Hall–Kier alpha value is -2.11. The SMILES string of the molecule is NCc1ccc(C(=O)N2CCCC(c3ccc(CO)cc3)C2)o1. The lowest BCUT2D eigenvalue weighted by Gasteiger charge is -2.32. The van der Waals surface area contributed by atoms with Crippen LogP contribution in [-0.2, 0) is 13.2 Å². The maximum absolute atomic E-state index is 12.6. The minimum Gasteiger partial charge on any atom is -0.455 e. The molecule has 3 N–H and O–H groups in total. The van der Waals surface area contributed by atoms with E-state index in [1.165, 1.54) is 5.56 Å². The molecule has 1 aliphatic rings. The highest BCUT2D eigenvalue weighted by atomic mass is 16.4. The zero-order valence-corrected chi connectivity index (χ0v) is 13.1. The molecule has 5 nitrogen and oxygen atoms in total. The van der Waals surface area contributed by atoms with Crippen LogP contribution in [0.25, 0.3) is 0 Å². The van der Waals surface area contributed by atoms with Gasteiger partial charge < -0.3 is 20.2 Å².